The third kappa shape index (κ3) is 1.54. The lowest BCUT2D eigenvalue weighted by atomic mass is 9.81. The van der Waals surface area contributed by atoms with Crippen molar-refractivity contribution in [3.05, 3.63) is 29.2 Å². The molecule has 0 bridgehead atoms. The van der Waals surface area contributed by atoms with Crippen LogP contribution in [0.15, 0.2) is 23.7 Å². The van der Waals surface area contributed by atoms with Crippen molar-refractivity contribution in [1.82, 2.24) is 0 Å². The van der Waals surface area contributed by atoms with Gasteiger partial charge in [0, 0.05) is 11.3 Å². The van der Waals surface area contributed by atoms with Crippen LogP contribution in [0, 0.1) is 0 Å². The van der Waals surface area contributed by atoms with Crippen molar-refractivity contribution in [3.63, 3.8) is 0 Å². The highest BCUT2D eigenvalue weighted by Gasteiger charge is 2.11. The number of nitrogen functional groups attached to an aromatic ring is 1. The number of allylic oxidation sites excluding steroid dienone is 1. The second kappa shape index (κ2) is 3.17. The highest BCUT2D eigenvalue weighted by molar-refractivity contribution is 6.41. The van der Waals surface area contributed by atoms with Crippen LogP contribution < -0.4 is 10.4 Å². The Morgan fingerprint density at radius 2 is 2.31 bits per heavy atom. The van der Waals surface area contributed by atoms with Gasteiger partial charge in [-0.1, -0.05) is 18.5 Å². The molecule has 2 N–H and O–H groups in total. The first kappa shape index (κ1) is 8.23. The number of anilines is 1. The van der Waals surface area contributed by atoms with E-state index in [9.17, 15) is 0 Å². The normalized spacial score (nSPS) is 13.8. The molecule has 13 heavy (non-hydrogen) atoms. The predicted molar refractivity (Wildman–Crippen MR) is 55.5 cm³/mol. The van der Waals surface area contributed by atoms with E-state index in [0.717, 1.165) is 23.4 Å². The van der Waals surface area contributed by atoms with Crippen LogP contribution in [0.5, 0.6) is 5.75 Å². The van der Waals surface area contributed by atoms with Crippen molar-refractivity contribution in [2.45, 2.75) is 13.3 Å². The summed E-state index contributed by atoms with van der Waals surface area (Å²) in [7, 11) is 1.79. The maximum Gasteiger partial charge on any atom is 0.404 e. The highest BCUT2D eigenvalue weighted by atomic mass is 16.4. The third-order valence-electron chi connectivity index (χ3n) is 2.12. The maximum absolute atomic E-state index is 5.67. The average Bonchev–Trinajstić information content (AvgIpc) is 2.16. The van der Waals surface area contributed by atoms with Crippen molar-refractivity contribution in [2.24, 2.45) is 0 Å². The van der Waals surface area contributed by atoms with E-state index in [1.807, 2.05) is 18.2 Å². The summed E-state index contributed by atoms with van der Waals surface area (Å²) < 4.78 is 5.43. The van der Waals surface area contributed by atoms with E-state index in [4.69, 9.17) is 10.4 Å². The van der Waals surface area contributed by atoms with Crippen LogP contribution in [0.2, 0.25) is 0 Å². The lowest BCUT2D eigenvalue weighted by molar-refractivity contribution is 0.594. The fourth-order valence-corrected chi connectivity index (χ4v) is 1.35. The number of hydrogen-bond acceptors (Lipinski definition) is 2. The van der Waals surface area contributed by atoms with Crippen LogP contribution in [0.3, 0.4) is 0 Å². The molecule has 1 aliphatic heterocycles. The summed E-state index contributed by atoms with van der Waals surface area (Å²) in [6.45, 7) is 2.10. The zero-order valence-corrected chi connectivity index (χ0v) is 7.58. The Bertz CT molecular complexity index is 360. The van der Waals surface area contributed by atoms with Gasteiger partial charge in [-0.05, 0) is 24.6 Å². The van der Waals surface area contributed by atoms with Gasteiger partial charge in [0.1, 0.15) is 5.75 Å². The SMILES string of the molecule is CCC1=Cc2cc(N)ccc2O[B]1. The molecule has 3 heteroatoms. The number of nitrogens with two attached hydrogens (primary N) is 1. The minimum atomic E-state index is 0.774. The van der Waals surface area contributed by atoms with Crippen LogP contribution in [0.4, 0.5) is 5.69 Å². The van der Waals surface area contributed by atoms with E-state index in [0.29, 0.717) is 0 Å². The van der Waals surface area contributed by atoms with Crippen LogP contribution in [-0.4, -0.2) is 7.48 Å². The topological polar surface area (TPSA) is 35.2 Å². The molecule has 0 saturated heterocycles. The Balaban J connectivity index is 2.44. The van der Waals surface area contributed by atoms with Gasteiger partial charge < -0.3 is 10.4 Å². The second-order valence-corrected chi connectivity index (χ2v) is 3.11. The molecule has 0 amide bonds. The van der Waals surface area contributed by atoms with Gasteiger partial charge in [-0.3, -0.25) is 0 Å². The van der Waals surface area contributed by atoms with Crippen molar-refractivity contribution in [2.75, 3.05) is 5.73 Å². The second-order valence-electron chi connectivity index (χ2n) is 3.11. The van der Waals surface area contributed by atoms with E-state index >= 15 is 0 Å². The van der Waals surface area contributed by atoms with E-state index in [-0.39, 0.29) is 0 Å². The highest BCUT2D eigenvalue weighted by Crippen LogP contribution is 2.27. The Kier molecular flexibility index (Phi) is 2.01. The fourth-order valence-electron chi connectivity index (χ4n) is 1.35. The minimum Gasteiger partial charge on any atom is -0.558 e. The third-order valence-corrected chi connectivity index (χ3v) is 2.12. The van der Waals surface area contributed by atoms with Gasteiger partial charge in [0.2, 0.25) is 0 Å². The minimum absolute atomic E-state index is 0.774. The largest absolute Gasteiger partial charge is 0.558 e. The summed E-state index contributed by atoms with van der Waals surface area (Å²) in [5.41, 5.74) is 8.71. The standard InChI is InChI=1S/C10H11BNO/c1-2-8-5-7-6-9(12)3-4-10(7)13-11-8/h3-6H,2,12H2,1H3. The van der Waals surface area contributed by atoms with Crippen molar-refractivity contribution in [3.8, 4) is 5.75 Å². The molecule has 1 radical (unpaired) electrons. The van der Waals surface area contributed by atoms with E-state index in [2.05, 4.69) is 13.0 Å². The molecule has 1 aliphatic rings. The van der Waals surface area contributed by atoms with E-state index in [1.54, 1.807) is 7.48 Å². The summed E-state index contributed by atoms with van der Waals surface area (Å²) in [6, 6.07) is 5.67. The average molecular weight is 172 g/mol. The molecule has 2 nitrogen and oxygen atoms in total. The van der Waals surface area contributed by atoms with Gasteiger partial charge in [0.05, 0.1) is 0 Å². The number of hydrogen-bond donors (Lipinski definition) is 1. The molecule has 1 aromatic rings. The summed E-state index contributed by atoms with van der Waals surface area (Å²) in [6.07, 6.45) is 3.09. The smallest absolute Gasteiger partial charge is 0.404 e. The molecule has 1 heterocycles. The van der Waals surface area contributed by atoms with E-state index < -0.39 is 0 Å². The van der Waals surface area contributed by atoms with E-state index in [1.165, 1.54) is 5.47 Å². The maximum atomic E-state index is 5.67. The molecule has 0 atom stereocenters. The summed E-state index contributed by atoms with van der Waals surface area (Å²) >= 11 is 0. The van der Waals surface area contributed by atoms with Gasteiger partial charge >= 0.3 is 7.48 Å². The summed E-state index contributed by atoms with van der Waals surface area (Å²) in [5, 5.41) is 0. The molecule has 0 spiro atoms. The molecular weight excluding hydrogens is 161 g/mol. The Morgan fingerprint density at radius 1 is 1.46 bits per heavy atom. The molecule has 0 saturated carbocycles. The fraction of sp³-hybridized carbons (Fsp3) is 0.200. The van der Waals surface area contributed by atoms with Gasteiger partial charge in [-0.2, -0.15) is 0 Å². The van der Waals surface area contributed by atoms with Gasteiger partial charge in [0.25, 0.3) is 0 Å². The summed E-state index contributed by atoms with van der Waals surface area (Å²) in [4.78, 5) is 0. The number of fused-ring (bicyclic) bond motifs is 1. The number of rotatable bonds is 1. The van der Waals surface area contributed by atoms with Crippen molar-refractivity contribution >= 4 is 19.2 Å². The molecule has 0 aliphatic carbocycles. The number of benzene rings is 1. The first-order valence-electron chi connectivity index (χ1n) is 4.39. The first-order chi connectivity index (χ1) is 6.29. The lowest BCUT2D eigenvalue weighted by Gasteiger charge is -2.16. The predicted octanol–water partition coefficient (Wildman–Crippen LogP) is 2.03. The van der Waals surface area contributed by atoms with Crippen LogP contribution in [-0.2, 0) is 0 Å². The molecule has 1 aromatic carbocycles. The van der Waals surface area contributed by atoms with Gasteiger partial charge in [-0.25, -0.2) is 0 Å². The zero-order chi connectivity index (χ0) is 9.26. The van der Waals surface area contributed by atoms with Crippen LogP contribution >= 0.6 is 0 Å². The molecule has 0 fully saturated rings. The Hall–Kier alpha value is -1.38. The van der Waals surface area contributed by atoms with Crippen LogP contribution in [0.1, 0.15) is 18.9 Å². The Labute approximate surface area is 78.7 Å². The molecular formula is C10H11BNO. The molecule has 65 valence electrons. The molecule has 0 aromatic heterocycles. The monoisotopic (exact) mass is 172 g/mol. The molecule has 2 rings (SSSR count). The van der Waals surface area contributed by atoms with Gasteiger partial charge in [-0.15, -0.1) is 0 Å². The summed E-state index contributed by atoms with van der Waals surface area (Å²) in [5.74, 6) is 0.881. The lowest BCUT2D eigenvalue weighted by Crippen LogP contribution is -2.10. The zero-order valence-electron chi connectivity index (χ0n) is 7.58. The van der Waals surface area contributed by atoms with Gasteiger partial charge in [0.15, 0.2) is 0 Å². The first-order valence-corrected chi connectivity index (χ1v) is 4.39. The van der Waals surface area contributed by atoms with Crippen molar-refractivity contribution in [1.29, 1.82) is 0 Å². The quantitative estimate of drug-likeness (QED) is 0.519. The Morgan fingerprint density at radius 3 is 3.08 bits per heavy atom. The van der Waals surface area contributed by atoms with Crippen molar-refractivity contribution < 1.29 is 4.65 Å². The van der Waals surface area contributed by atoms with Crippen LogP contribution in [0.25, 0.3) is 6.08 Å². The molecule has 0 unspecified atom stereocenters.